The van der Waals surface area contributed by atoms with Crippen LogP contribution in [0.3, 0.4) is 0 Å². The molecule has 0 aliphatic carbocycles. The van der Waals surface area contributed by atoms with E-state index in [4.69, 9.17) is 4.63 Å². The molecule has 0 aliphatic heterocycles. The van der Waals surface area contributed by atoms with Crippen molar-refractivity contribution in [3.8, 4) is 5.75 Å². The number of aromatic hydroxyl groups is 1. The molecule has 0 saturated heterocycles. The lowest BCUT2D eigenvalue weighted by Crippen LogP contribution is -2.10. The monoisotopic (exact) mass is 377 g/mol. The van der Waals surface area contributed by atoms with Gasteiger partial charge in [-0.3, -0.25) is 4.79 Å². The first kappa shape index (κ1) is 19.1. The number of hydrogen-bond donors (Lipinski definition) is 2. The topological polar surface area (TPSA) is 101 Å². The molecular weight excluding hydrogens is 358 g/mol. The third-order valence-corrected chi connectivity index (χ3v) is 4.18. The van der Waals surface area contributed by atoms with Gasteiger partial charge in [-0.1, -0.05) is 18.7 Å². The van der Waals surface area contributed by atoms with Gasteiger partial charge >= 0.3 is 0 Å². The van der Waals surface area contributed by atoms with Gasteiger partial charge in [-0.15, -0.1) is 5.73 Å². The van der Waals surface area contributed by atoms with Crippen molar-refractivity contribution in [1.29, 1.82) is 0 Å². The van der Waals surface area contributed by atoms with Gasteiger partial charge in [0.15, 0.2) is 5.75 Å². The number of rotatable bonds is 5. The second kappa shape index (κ2) is 7.92. The van der Waals surface area contributed by atoms with E-state index in [9.17, 15) is 15.0 Å². The molecule has 3 rings (SSSR count). The van der Waals surface area contributed by atoms with E-state index in [1.54, 1.807) is 25.3 Å². The Morgan fingerprint density at radius 1 is 1.39 bits per heavy atom. The molecule has 2 aromatic heterocycles. The molecule has 28 heavy (non-hydrogen) atoms. The van der Waals surface area contributed by atoms with Crippen LogP contribution in [0.1, 0.15) is 31.2 Å². The Hall–Kier alpha value is -3.67. The van der Waals surface area contributed by atoms with Crippen LogP contribution in [0.5, 0.6) is 5.75 Å². The van der Waals surface area contributed by atoms with E-state index in [0.29, 0.717) is 16.7 Å². The average molecular weight is 377 g/mol. The highest BCUT2D eigenvalue weighted by Crippen LogP contribution is 2.25. The molecule has 1 unspecified atom stereocenters. The molecule has 2 heterocycles. The maximum Gasteiger partial charge on any atom is 0.223 e. The Balaban J connectivity index is 2.16. The van der Waals surface area contributed by atoms with Gasteiger partial charge in [-0.2, -0.15) is 0 Å². The highest BCUT2D eigenvalue weighted by molar-refractivity contribution is 5.92. The predicted molar refractivity (Wildman–Crippen MR) is 106 cm³/mol. The number of fused-ring (bicyclic) bond motifs is 1. The van der Waals surface area contributed by atoms with Crippen LogP contribution in [-0.2, 0) is 0 Å². The minimum absolute atomic E-state index is 0.343. The van der Waals surface area contributed by atoms with E-state index in [1.165, 1.54) is 16.8 Å². The number of nitrogens with zero attached hydrogens (tertiary/aromatic N) is 3. The van der Waals surface area contributed by atoms with Crippen molar-refractivity contribution in [3.05, 3.63) is 82.0 Å². The first-order valence-electron chi connectivity index (χ1n) is 8.52. The van der Waals surface area contributed by atoms with Crippen LogP contribution >= 0.6 is 0 Å². The Morgan fingerprint density at radius 3 is 2.89 bits per heavy atom. The molecule has 3 aromatic rings. The second-order valence-corrected chi connectivity index (χ2v) is 6.24. The summed E-state index contributed by atoms with van der Waals surface area (Å²) in [5, 5.41) is 27.6. The van der Waals surface area contributed by atoms with Gasteiger partial charge in [0.05, 0.1) is 18.0 Å². The lowest BCUT2D eigenvalue weighted by atomic mass is 10.0. The summed E-state index contributed by atoms with van der Waals surface area (Å²) in [6, 6.07) is 6.70. The summed E-state index contributed by atoms with van der Waals surface area (Å²) in [6.45, 7) is 7.05. The number of hydrogen-bond acceptors (Lipinski definition) is 6. The van der Waals surface area contributed by atoms with Crippen LogP contribution in [0.15, 0.2) is 69.9 Å². The number of benzene rings is 1. The van der Waals surface area contributed by atoms with Gasteiger partial charge in [0, 0.05) is 17.8 Å². The van der Waals surface area contributed by atoms with Crippen molar-refractivity contribution in [3.63, 3.8) is 0 Å². The number of pyridine rings is 1. The molecule has 7 nitrogen and oxygen atoms in total. The molecule has 0 aliphatic rings. The highest BCUT2D eigenvalue weighted by atomic mass is 16.6. The van der Waals surface area contributed by atoms with E-state index >= 15 is 0 Å². The quantitative estimate of drug-likeness (QED) is 0.522. The van der Waals surface area contributed by atoms with Crippen molar-refractivity contribution >= 4 is 22.8 Å². The molecule has 0 fully saturated rings. The van der Waals surface area contributed by atoms with Gasteiger partial charge in [0.25, 0.3) is 0 Å². The van der Waals surface area contributed by atoms with Crippen molar-refractivity contribution in [2.24, 2.45) is 0 Å². The van der Waals surface area contributed by atoms with E-state index in [1.807, 2.05) is 25.1 Å². The van der Waals surface area contributed by atoms with Crippen LogP contribution in [-0.4, -0.2) is 25.1 Å². The Bertz CT molecular complexity index is 1190. The summed E-state index contributed by atoms with van der Waals surface area (Å²) >= 11 is 0. The molecule has 2 N–H and O–H groups in total. The van der Waals surface area contributed by atoms with Crippen LogP contribution in [0.25, 0.3) is 22.8 Å². The summed E-state index contributed by atoms with van der Waals surface area (Å²) in [5.74, 6) is -0.412. The minimum atomic E-state index is -0.900. The second-order valence-electron chi connectivity index (χ2n) is 6.24. The molecule has 1 atom stereocenters. The SMILES string of the molecule is C=C=C(C)/C=C(\C=C\n1cc(O)c(=O)cc1C(C)O)c1cccc2nonc12. The van der Waals surface area contributed by atoms with Gasteiger partial charge in [-0.05, 0) is 53.5 Å². The van der Waals surface area contributed by atoms with Gasteiger partial charge in [0.2, 0.25) is 5.43 Å². The van der Waals surface area contributed by atoms with Crippen LogP contribution in [0.4, 0.5) is 0 Å². The Labute approximate surface area is 160 Å². The zero-order valence-corrected chi connectivity index (χ0v) is 15.5. The Morgan fingerprint density at radius 2 is 2.18 bits per heavy atom. The average Bonchev–Trinajstić information content (AvgIpc) is 3.15. The van der Waals surface area contributed by atoms with E-state index in [0.717, 1.165) is 16.7 Å². The van der Waals surface area contributed by atoms with Gasteiger partial charge in [0.1, 0.15) is 11.0 Å². The van der Waals surface area contributed by atoms with E-state index < -0.39 is 17.3 Å². The number of aromatic nitrogens is 3. The summed E-state index contributed by atoms with van der Waals surface area (Å²) in [5.41, 5.74) is 6.14. The van der Waals surface area contributed by atoms with Crippen LogP contribution < -0.4 is 5.43 Å². The fourth-order valence-corrected chi connectivity index (χ4v) is 2.72. The fraction of sp³-hybridized carbons (Fsp3) is 0.143. The molecular formula is C21H19N3O4. The summed E-state index contributed by atoms with van der Waals surface area (Å²) in [6.07, 6.45) is 5.61. The zero-order chi connectivity index (χ0) is 20.3. The Kier molecular flexibility index (Phi) is 5.40. The molecule has 0 amide bonds. The third-order valence-electron chi connectivity index (χ3n) is 4.18. The third kappa shape index (κ3) is 3.86. The first-order chi connectivity index (χ1) is 13.4. The predicted octanol–water partition coefficient (Wildman–Crippen LogP) is 3.43. The minimum Gasteiger partial charge on any atom is -0.503 e. The summed E-state index contributed by atoms with van der Waals surface area (Å²) in [4.78, 5) is 11.7. The maximum absolute atomic E-state index is 11.7. The molecule has 1 aromatic carbocycles. The molecule has 142 valence electrons. The van der Waals surface area contributed by atoms with E-state index in [2.05, 4.69) is 22.6 Å². The highest BCUT2D eigenvalue weighted by Gasteiger charge is 2.11. The lowest BCUT2D eigenvalue weighted by molar-refractivity contribution is 0.191. The molecule has 7 heteroatoms. The van der Waals surface area contributed by atoms with Crippen molar-refractivity contribution in [1.82, 2.24) is 14.9 Å². The first-order valence-corrected chi connectivity index (χ1v) is 8.52. The van der Waals surface area contributed by atoms with Crippen molar-refractivity contribution in [2.45, 2.75) is 20.0 Å². The van der Waals surface area contributed by atoms with Crippen molar-refractivity contribution in [2.75, 3.05) is 0 Å². The number of aliphatic hydroxyl groups is 1. The van der Waals surface area contributed by atoms with Crippen LogP contribution in [0, 0.1) is 0 Å². The smallest absolute Gasteiger partial charge is 0.223 e. The normalized spacial score (nSPS) is 13.0. The van der Waals surface area contributed by atoms with Gasteiger partial charge in [-0.25, -0.2) is 4.63 Å². The maximum atomic E-state index is 11.7. The summed E-state index contributed by atoms with van der Waals surface area (Å²) in [7, 11) is 0. The largest absolute Gasteiger partial charge is 0.503 e. The molecule has 0 saturated carbocycles. The van der Waals surface area contributed by atoms with E-state index in [-0.39, 0.29) is 0 Å². The zero-order valence-electron chi connectivity index (χ0n) is 15.5. The summed E-state index contributed by atoms with van der Waals surface area (Å²) < 4.78 is 6.33. The standard InChI is InChI=1S/C21H19N3O4/c1-4-13(2)10-15(16-6-5-7-17-21(16)23-28-22-17)8-9-24-12-20(27)19(26)11-18(24)14(3)25/h5-12,14,25,27H,1H2,2-3H3/b9-8+,15-10+. The molecule has 0 radical (unpaired) electrons. The molecule has 0 spiro atoms. The molecule has 0 bridgehead atoms. The van der Waals surface area contributed by atoms with Gasteiger partial charge < -0.3 is 14.8 Å². The number of aliphatic hydroxyl groups excluding tert-OH is 1. The van der Waals surface area contributed by atoms with Crippen LogP contribution in [0.2, 0.25) is 0 Å². The number of allylic oxidation sites excluding steroid dienone is 4. The lowest BCUT2D eigenvalue weighted by Gasteiger charge is -2.12. The van der Waals surface area contributed by atoms with Crippen molar-refractivity contribution < 1.29 is 14.8 Å². The fourth-order valence-electron chi connectivity index (χ4n) is 2.72.